The standard InChI is InChI=1S/C29H34N4O9/c1-17(2)26(32-29(40)41-15-19-9-5-4-6-10-19)28(39)30-18(3)27(38)31-21(14-25(36)37)23(34)16-42-33-22-12-8-7-11-20(22)13-24(33)35/h4-13,17-18,21,26,35H,14-16H2,1-3H3,(H,30,39)(H,31,38)(H,32,40)(H,36,37)/t18-,21-,26-/m0/s1. The second-order valence-corrected chi connectivity index (χ2v) is 9.91. The van der Waals surface area contributed by atoms with Gasteiger partial charge in [-0.25, -0.2) is 4.79 Å². The molecule has 0 saturated carbocycles. The molecular weight excluding hydrogens is 548 g/mol. The van der Waals surface area contributed by atoms with Crippen LogP contribution in [0.4, 0.5) is 4.79 Å². The van der Waals surface area contributed by atoms with E-state index in [1.54, 1.807) is 62.4 Å². The minimum absolute atomic E-state index is 0.000794. The first-order valence-corrected chi connectivity index (χ1v) is 13.2. The van der Waals surface area contributed by atoms with Crippen molar-refractivity contribution in [2.45, 2.75) is 51.9 Å². The summed E-state index contributed by atoms with van der Waals surface area (Å²) in [6, 6.07) is 13.5. The molecule has 0 aliphatic heterocycles. The Labute approximate surface area is 241 Å². The Kier molecular flexibility index (Phi) is 10.9. The summed E-state index contributed by atoms with van der Waals surface area (Å²) >= 11 is 0. The third-order valence-electron chi connectivity index (χ3n) is 6.26. The maximum atomic E-state index is 12.9. The van der Waals surface area contributed by atoms with Crippen molar-refractivity contribution >= 4 is 40.6 Å². The lowest BCUT2D eigenvalue weighted by Gasteiger charge is -2.24. The number of aromatic hydroxyl groups is 1. The van der Waals surface area contributed by atoms with Gasteiger partial charge in [0.1, 0.15) is 24.7 Å². The number of carboxylic acid groups (broad SMARTS) is 1. The minimum Gasteiger partial charge on any atom is -0.492 e. The number of ketones is 1. The SMILES string of the molecule is CC(C)[C@H](NC(=O)OCc1ccccc1)C(=O)N[C@@H](C)C(=O)N[C@@H](CC(=O)O)C(=O)COn1c(O)cc2ccccc21. The number of aromatic nitrogens is 1. The van der Waals surface area contributed by atoms with Gasteiger partial charge in [-0.2, -0.15) is 0 Å². The smallest absolute Gasteiger partial charge is 0.408 e. The van der Waals surface area contributed by atoms with Crippen molar-refractivity contribution < 1.29 is 43.8 Å². The quantitative estimate of drug-likeness (QED) is 0.189. The highest BCUT2D eigenvalue weighted by Crippen LogP contribution is 2.22. The number of para-hydroxylation sites is 1. The fraction of sp³-hybridized carbons (Fsp3) is 0.345. The largest absolute Gasteiger partial charge is 0.492 e. The van der Waals surface area contributed by atoms with Gasteiger partial charge in [0, 0.05) is 11.5 Å². The highest BCUT2D eigenvalue weighted by atomic mass is 16.7. The van der Waals surface area contributed by atoms with Gasteiger partial charge in [-0.15, -0.1) is 4.73 Å². The Morgan fingerprint density at radius 2 is 1.55 bits per heavy atom. The Hall–Kier alpha value is -5.07. The number of nitrogens with zero attached hydrogens (tertiary/aromatic N) is 1. The van der Waals surface area contributed by atoms with E-state index in [2.05, 4.69) is 16.0 Å². The molecule has 3 amide bonds. The third-order valence-corrected chi connectivity index (χ3v) is 6.26. The normalized spacial score (nSPS) is 13.0. The van der Waals surface area contributed by atoms with Crippen LogP contribution in [0.15, 0.2) is 60.7 Å². The molecule has 0 spiro atoms. The number of ether oxygens (including phenoxy) is 1. The number of alkyl carbamates (subject to hydrolysis) is 1. The Morgan fingerprint density at radius 3 is 2.21 bits per heavy atom. The molecule has 0 aliphatic carbocycles. The molecule has 0 fully saturated rings. The van der Waals surface area contributed by atoms with Crippen LogP contribution in [0, 0.1) is 5.92 Å². The van der Waals surface area contributed by atoms with Gasteiger partial charge >= 0.3 is 12.1 Å². The number of carbonyl (C=O) groups excluding carboxylic acids is 4. The molecule has 0 saturated heterocycles. The minimum atomic E-state index is -1.48. The van der Waals surface area contributed by atoms with Gasteiger partial charge in [-0.1, -0.05) is 62.4 Å². The molecule has 5 N–H and O–H groups in total. The summed E-state index contributed by atoms with van der Waals surface area (Å²) in [5, 5.41) is 27.4. The first-order valence-electron chi connectivity index (χ1n) is 13.2. The Bertz CT molecular complexity index is 1420. The predicted molar refractivity (Wildman–Crippen MR) is 150 cm³/mol. The summed E-state index contributed by atoms with van der Waals surface area (Å²) in [4.78, 5) is 67.7. The van der Waals surface area contributed by atoms with Crippen molar-refractivity contribution in [2.24, 2.45) is 5.92 Å². The molecule has 2 aromatic carbocycles. The van der Waals surface area contributed by atoms with E-state index in [1.807, 2.05) is 6.07 Å². The van der Waals surface area contributed by atoms with Crippen LogP contribution in [-0.4, -0.2) is 69.3 Å². The van der Waals surface area contributed by atoms with E-state index in [-0.39, 0.29) is 18.4 Å². The lowest BCUT2D eigenvalue weighted by molar-refractivity contribution is -0.141. The average Bonchev–Trinajstić information content (AvgIpc) is 3.27. The van der Waals surface area contributed by atoms with Crippen LogP contribution in [-0.2, 0) is 30.5 Å². The van der Waals surface area contributed by atoms with Crippen LogP contribution >= 0.6 is 0 Å². The summed E-state index contributed by atoms with van der Waals surface area (Å²) < 4.78 is 6.20. The number of hydrogen-bond acceptors (Lipinski definition) is 8. The number of aliphatic carboxylic acids is 1. The lowest BCUT2D eigenvalue weighted by Crippen LogP contribution is -2.56. The summed E-state index contributed by atoms with van der Waals surface area (Å²) in [6.45, 7) is 4.08. The van der Waals surface area contributed by atoms with E-state index >= 15 is 0 Å². The number of benzene rings is 2. The Morgan fingerprint density at radius 1 is 0.881 bits per heavy atom. The van der Waals surface area contributed by atoms with Crippen LogP contribution in [0.1, 0.15) is 32.8 Å². The molecule has 224 valence electrons. The zero-order valence-electron chi connectivity index (χ0n) is 23.4. The van der Waals surface area contributed by atoms with Crippen molar-refractivity contribution in [3.05, 3.63) is 66.2 Å². The number of carboxylic acids is 1. The summed E-state index contributed by atoms with van der Waals surface area (Å²) in [6.07, 6.45) is -1.56. The number of amides is 3. The first-order chi connectivity index (χ1) is 20.0. The maximum Gasteiger partial charge on any atom is 0.408 e. The van der Waals surface area contributed by atoms with Gasteiger partial charge in [0.15, 0.2) is 12.4 Å². The lowest BCUT2D eigenvalue weighted by atomic mass is 10.0. The van der Waals surface area contributed by atoms with Crippen molar-refractivity contribution in [1.29, 1.82) is 0 Å². The molecule has 3 atom stereocenters. The molecule has 0 unspecified atom stereocenters. The molecule has 1 aromatic heterocycles. The number of rotatable bonds is 14. The topological polar surface area (TPSA) is 185 Å². The van der Waals surface area contributed by atoms with Gasteiger partial charge < -0.3 is 35.7 Å². The van der Waals surface area contributed by atoms with Crippen LogP contribution in [0.3, 0.4) is 0 Å². The first kappa shape index (κ1) is 31.5. The summed E-state index contributed by atoms with van der Waals surface area (Å²) in [7, 11) is 0. The van der Waals surface area contributed by atoms with Crippen LogP contribution in [0.5, 0.6) is 5.88 Å². The van der Waals surface area contributed by atoms with E-state index in [0.29, 0.717) is 10.9 Å². The van der Waals surface area contributed by atoms with Crippen LogP contribution in [0.25, 0.3) is 10.9 Å². The van der Waals surface area contributed by atoms with Gasteiger partial charge in [0.25, 0.3) is 0 Å². The molecule has 0 bridgehead atoms. The highest BCUT2D eigenvalue weighted by Gasteiger charge is 2.30. The van der Waals surface area contributed by atoms with Crippen LogP contribution in [0.2, 0.25) is 0 Å². The number of fused-ring (bicyclic) bond motifs is 1. The van der Waals surface area contributed by atoms with Crippen molar-refractivity contribution in [1.82, 2.24) is 20.7 Å². The molecule has 1 heterocycles. The monoisotopic (exact) mass is 582 g/mol. The molecule has 42 heavy (non-hydrogen) atoms. The zero-order valence-corrected chi connectivity index (χ0v) is 23.4. The molecule has 13 heteroatoms. The highest BCUT2D eigenvalue weighted by molar-refractivity contribution is 5.96. The molecule has 13 nitrogen and oxygen atoms in total. The van der Waals surface area contributed by atoms with E-state index in [4.69, 9.17) is 9.57 Å². The van der Waals surface area contributed by atoms with E-state index in [0.717, 1.165) is 10.3 Å². The fourth-order valence-electron chi connectivity index (χ4n) is 3.99. The average molecular weight is 583 g/mol. The van der Waals surface area contributed by atoms with E-state index in [1.165, 1.54) is 13.0 Å². The molecule has 0 radical (unpaired) electrons. The third kappa shape index (κ3) is 8.71. The Balaban J connectivity index is 1.57. The van der Waals surface area contributed by atoms with Gasteiger partial charge in [-0.05, 0) is 24.5 Å². The van der Waals surface area contributed by atoms with Gasteiger partial charge in [0.05, 0.1) is 11.9 Å². The zero-order chi connectivity index (χ0) is 30.8. The molecule has 3 aromatic rings. The van der Waals surface area contributed by atoms with Crippen molar-refractivity contribution in [3.8, 4) is 5.88 Å². The molecule has 0 aliphatic rings. The maximum absolute atomic E-state index is 12.9. The molecule has 3 rings (SSSR count). The van der Waals surface area contributed by atoms with Crippen LogP contribution < -0.4 is 20.8 Å². The number of hydrogen-bond donors (Lipinski definition) is 5. The summed E-state index contributed by atoms with van der Waals surface area (Å²) in [5.41, 5.74) is 1.24. The predicted octanol–water partition coefficient (Wildman–Crippen LogP) is 1.76. The van der Waals surface area contributed by atoms with Crippen molar-refractivity contribution in [2.75, 3.05) is 6.61 Å². The van der Waals surface area contributed by atoms with Gasteiger partial charge in [0.2, 0.25) is 17.7 Å². The summed E-state index contributed by atoms with van der Waals surface area (Å²) in [5.74, 6) is -4.27. The van der Waals surface area contributed by atoms with Crippen molar-refractivity contribution in [3.63, 3.8) is 0 Å². The van der Waals surface area contributed by atoms with Gasteiger partial charge in [-0.3, -0.25) is 19.2 Å². The molecular formula is C29H34N4O9. The number of Topliss-reactive ketones (excluding diaryl/α,β-unsaturated/α-hetero) is 1. The number of carbonyl (C=O) groups is 5. The fourth-order valence-corrected chi connectivity index (χ4v) is 3.99. The number of nitrogens with one attached hydrogen (secondary N) is 3. The second kappa shape index (κ2) is 14.5. The van der Waals surface area contributed by atoms with E-state index in [9.17, 15) is 34.2 Å². The van der Waals surface area contributed by atoms with E-state index < -0.39 is 60.8 Å². The second-order valence-electron chi connectivity index (χ2n) is 9.91.